The van der Waals surface area contributed by atoms with Crippen LogP contribution in [0.5, 0.6) is 0 Å². The number of hydrogen-bond acceptors (Lipinski definition) is 5. The summed E-state index contributed by atoms with van der Waals surface area (Å²) < 4.78 is 38.7. The number of rotatable bonds is 6. The second-order valence-corrected chi connectivity index (χ2v) is 7.47. The maximum Gasteiger partial charge on any atom is 0.416 e. The molecule has 1 aromatic heterocycles. The number of benzene rings is 2. The zero-order valence-corrected chi connectivity index (χ0v) is 16.6. The molecule has 0 spiro atoms. The molecule has 1 aliphatic carbocycles. The van der Waals surface area contributed by atoms with Gasteiger partial charge in [0.05, 0.1) is 5.56 Å². The maximum atomic E-state index is 12.9. The normalized spacial score (nSPS) is 13.5. The summed E-state index contributed by atoms with van der Waals surface area (Å²) in [6.07, 6.45) is -1.27. The Bertz CT molecular complexity index is 1110. The average Bonchev–Trinajstić information content (AvgIpc) is 3.53. The van der Waals surface area contributed by atoms with Crippen LogP contribution in [-0.4, -0.2) is 15.9 Å². The first kappa shape index (κ1) is 20.6. The number of carbonyl (C=O) groups is 1. The third-order valence-electron chi connectivity index (χ3n) is 4.69. The van der Waals surface area contributed by atoms with Crippen LogP contribution in [-0.2, 0) is 11.0 Å². The van der Waals surface area contributed by atoms with Gasteiger partial charge in [-0.15, -0.1) is 0 Å². The lowest BCUT2D eigenvalue weighted by atomic mass is 10.2. The molecule has 160 valence electrons. The molecular formula is C22H20F3N5O. The Hall–Kier alpha value is -3.62. The molecule has 3 N–H and O–H groups in total. The van der Waals surface area contributed by atoms with Gasteiger partial charge in [0.15, 0.2) is 0 Å². The van der Waals surface area contributed by atoms with Crippen molar-refractivity contribution in [3.05, 3.63) is 66.0 Å². The molecule has 0 radical (unpaired) electrons. The molecule has 31 heavy (non-hydrogen) atoms. The highest BCUT2D eigenvalue weighted by atomic mass is 19.4. The number of anilines is 5. The van der Waals surface area contributed by atoms with E-state index in [1.807, 2.05) is 19.1 Å². The largest absolute Gasteiger partial charge is 0.416 e. The predicted octanol–water partition coefficient (Wildman–Crippen LogP) is 5.64. The highest BCUT2D eigenvalue weighted by molar-refractivity contribution is 5.94. The zero-order valence-electron chi connectivity index (χ0n) is 16.6. The monoisotopic (exact) mass is 427 g/mol. The van der Waals surface area contributed by atoms with Gasteiger partial charge in [0, 0.05) is 29.0 Å². The van der Waals surface area contributed by atoms with Gasteiger partial charge in [0.2, 0.25) is 5.91 Å². The van der Waals surface area contributed by atoms with Crippen molar-refractivity contribution in [1.29, 1.82) is 0 Å². The van der Waals surface area contributed by atoms with Gasteiger partial charge in [-0.05, 0) is 61.7 Å². The Morgan fingerprint density at radius 1 is 0.935 bits per heavy atom. The number of aromatic nitrogens is 2. The average molecular weight is 427 g/mol. The molecule has 3 aromatic rings. The van der Waals surface area contributed by atoms with E-state index < -0.39 is 11.7 Å². The standard InChI is InChI=1S/C22H20F3N5O/c1-13-7-17(10-18(8-13)30-21(31)14-5-6-14)29-20-11-19(26-12-27-20)28-16-4-2-3-15(9-16)22(23,24)25/h2-4,7-12,14H,5-6H2,1H3,(H,30,31)(H2,26,27,28,29). The van der Waals surface area contributed by atoms with E-state index in [1.165, 1.54) is 18.5 Å². The van der Waals surface area contributed by atoms with Crippen LogP contribution in [0.25, 0.3) is 0 Å². The third kappa shape index (κ3) is 5.50. The van der Waals surface area contributed by atoms with Crippen molar-refractivity contribution >= 4 is 34.6 Å². The van der Waals surface area contributed by atoms with E-state index in [-0.39, 0.29) is 17.5 Å². The first-order valence-corrected chi connectivity index (χ1v) is 9.72. The van der Waals surface area contributed by atoms with Crippen LogP contribution in [0.3, 0.4) is 0 Å². The van der Waals surface area contributed by atoms with Gasteiger partial charge in [-0.2, -0.15) is 13.2 Å². The first-order chi connectivity index (χ1) is 14.8. The number of nitrogens with one attached hydrogen (secondary N) is 3. The Morgan fingerprint density at radius 3 is 2.29 bits per heavy atom. The number of carbonyl (C=O) groups excluding carboxylic acids is 1. The van der Waals surface area contributed by atoms with Gasteiger partial charge in [-0.25, -0.2) is 9.97 Å². The number of amides is 1. The second-order valence-electron chi connectivity index (χ2n) is 7.47. The summed E-state index contributed by atoms with van der Waals surface area (Å²) in [5.74, 6) is 0.913. The summed E-state index contributed by atoms with van der Waals surface area (Å²) in [5.41, 5.74) is 1.88. The van der Waals surface area contributed by atoms with Crippen molar-refractivity contribution in [3.63, 3.8) is 0 Å². The van der Waals surface area contributed by atoms with Crippen LogP contribution in [0, 0.1) is 12.8 Å². The summed E-state index contributed by atoms with van der Waals surface area (Å²) in [6, 6.07) is 12.1. The van der Waals surface area contributed by atoms with Crippen LogP contribution < -0.4 is 16.0 Å². The van der Waals surface area contributed by atoms with Gasteiger partial charge < -0.3 is 16.0 Å². The zero-order chi connectivity index (χ0) is 22.0. The Balaban J connectivity index is 1.49. The molecule has 0 saturated heterocycles. The Kier molecular flexibility index (Phi) is 5.50. The molecule has 2 aromatic carbocycles. The number of alkyl halides is 3. The summed E-state index contributed by atoms with van der Waals surface area (Å²) in [5, 5.41) is 8.92. The Morgan fingerprint density at radius 2 is 1.61 bits per heavy atom. The van der Waals surface area contributed by atoms with E-state index in [9.17, 15) is 18.0 Å². The maximum absolute atomic E-state index is 12.9. The molecule has 0 bridgehead atoms. The molecule has 4 rings (SSSR count). The number of halogens is 3. The minimum absolute atomic E-state index is 0.0196. The van der Waals surface area contributed by atoms with Crippen LogP contribution >= 0.6 is 0 Å². The second kappa shape index (κ2) is 8.25. The summed E-state index contributed by atoms with van der Waals surface area (Å²) >= 11 is 0. The fourth-order valence-electron chi connectivity index (χ4n) is 3.08. The summed E-state index contributed by atoms with van der Waals surface area (Å²) in [7, 11) is 0. The van der Waals surface area contributed by atoms with Crippen molar-refractivity contribution in [2.75, 3.05) is 16.0 Å². The molecule has 1 aliphatic rings. The first-order valence-electron chi connectivity index (χ1n) is 9.72. The number of hydrogen-bond donors (Lipinski definition) is 3. The van der Waals surface area contributed by atoms with E-state index in [0.29, 0.717) is 17.3 Å². The SMILES string of the molecule is Cc1cc(NC(=O)C2CC2)cc(Nc2cc(Nc3cccc(C(F)(F)F)c3)ncn2)c1. The molecule has 1 saturated carbocycles. The van der Waals surface area contributed by atoms with Crippen molar-refractivity contribution in [1.82, 2.24) is 9.97 Å². The lowest BCUT2D eigenvalue weighted by Gasteiger charge is -2.12. The molecule has 1 fully saturated rings. The van der Waals surface area contributed by atoms with Crippen LogP contribution in [0.1, 0.15) is 24.0 Å². The Labute approximate surface area is 176 Å². The van der Waals surface area contributed by atoms with Crippen molar-refractivity contribution < 1.29 is 18.0 Å². The highest BCUT2D eigenvalue weighted by Gasteiger charge is 2.30. The van der Waals surface area contributed by atoms with Gasteiger partial charge in [-0.3, -0.25) is 4.79 Å². The smallest absolute Gasteiger partial charge is 0.340 e. The number of aryl methyl sites for hydroxylation is 1. The summed E-state index contributed by atoms with van der Waals surface area (Å²) in [4.78, 5) is 20.3. The van der Waals surface area contributed by atoms with Crippen LogP contribution in [0.4, 0.5) is 41.9 Å². The minimum Gasteiger partial charge on any atom is -0.340 e. The fraction of sp³-hybridized carbons (Fsp3) is 0.227. The van der Waals surface area contributed by atoms with E-state index in [4.69, 9.17) is 0 Å². The summed E-state index contributed by atoms with van der Waals surface area (Å²) in [6.45, 7) is 1.92. The molecular weight excluding hydrogens is 407 g/mol. The van der Waals surface area contributed by atoms with Gasteiger partial charge in [-0.1, -0.05) is 6.07 Å². The highest BCUT2D eigenvalue weighted by Crippen LogP contribution is 2.32. The van der Waals surface area contributed by atoms with Crippen LogP contribution in [0.2, 0.25) is 0 Å². The quantitative estimate of drug-likeness (QED) is 0.475. The molecule has 0 unspecified atom stereocenters. The van der Waals surface area contributed by atoms with E-state index in [2.05, 4.69) is 25.9 Å². The minimum atomic E-state index is -4.42. The lowest BCUT2D eigenvalue weighted by molar-refractivity contribution is -0.137. The van der Waals surface area contributed by atoms with E-state index in [1.54, 1.807) is 12.1 Å². The van der Waals surface area contributed by atoms with E-state index in [0.717, 1.165) is 36.2 Å². The molecule has 6 nitrogen and oxygen atoms in total. The van der Waals surface area contributed by atoms with Gasteiger partial charge in [0.25, 0.3) is 0 Å². The van der Waals surface area contributed by atoms with Crippen molar-refractivity contribution in [2.24, 2.45) is 5.92 Å². The topological polar surface area (TPSA) is 78.9 Å². The van der Waals surface area contributed by atoms with Gasteiger partial charge >= 0.3 is 6.18 Å². The lowest BCUT2D eigenvalue weighted by Crippen LogP contribution is -2.13. The number of nitrogens with zero attached hydrogens (tertiary/aromatic N) is 2. The van der Waals surface area contributed by atoms with Crippen molar-refractivity contribution in [3.8, 4) is 0 Å². The van der Waals surface area contributed by atoms with Crippen LogP contribution in [0.15, 0.2) is 54.9 Å². The molecule has 0 atom stereocenters. The van der Waals surface area contributed by atoms with E-state index >= 15 is 0 Å². The molecule has 9 heteroatoms. The molecule has 0 aliphatic heterocycles. The van der Waals surface area contributed by atoms with Gasteiger partial charge in [0.1, 0.15) is 18.0 Å². The fourth-order valence-corrected chi connectivity index (χ4v) is 3.08. The predicted molar refractivity (Wildman–Crippen MR) is 113 cm³/mol. The molecule has 1 amide bonds. The third-order valence-corrected chi connectivity index (χ3v) is 4.69. The molecule has 1 heterocycles. The van der Waals surface area contributed by atoms with Crippen molar-refractivity contribution in [2.45, 2.75) is 25.9 Å².